The SMILES string of the molecule is CCC(=O)C1CC(C)c2ccccc21. The highest BCUT2D eigenvalue weighted by molar-refractivity contribution is 5.86. The first-order valence-corrected chi connectivity index (χ1v) is 5.35. The maximum atomic E-state index is 11.7. The molecule has 0 spiro atoms. The van der Waals surface area contributed by atoms with E-state index in [0.29, 0.717) is 18.1 Å². The second kappa shape index (κ2) is 3.56. The largest absolute Gasteiger partial charge is 0.299 e. The lowest BCUT2D eigenvalue weighted by Crippen LogP contribution is -2.07. The van der Waals surface area contributed by atoms with E-state index in [1.54, 1.807) is 0 Å². The number of hydrogen-bond donors (Lipinski definition) is 0. The Labute approximate surface area is 85.1 Å². The first-order valence-electron chi connectivity index (χ1n) is 5.35. The Morgan fingerprint density at radius 2 is 2.00 bits per heavy atom. The quantitative estimate of drug-likeness (QED) is 0.696. The van der Waals surface area contributed by atoms with E-state index in [0.717, 1.165) is 6.42 Å². The van der Waals surface area contributed by atoms with Crippen LogP contribution < -0.4 is 0 Å². The predicted octanol–water partition coefficient (Wildman–Crippen LogP) is 3.26. The monoisotopic (exact) mass is 188 g/mol. The van der Waals surface area contributed by atoms with Crippen LogP contribution in [0.5, 0.6) is 0 Å². The summed E-state index contributed by atoms with van der Waals surface area (Å²) < 4.78 is 0. The fourth-order valence-electron chi connectivity index (χ4n) is 2.44. The van der Waals surface area contributed by atoms with Crippen LogP contribution in [0, 0.1) is 0 Å². The van der Waals surface area contributed by atoms with Crippen molar-refractivity contribution in [1.29, 1.82) is 0 Å². The van der Waals surface area contributed by atoms with Gasteiger partial charge in [0.15, 0.2) is 0 Å². The van der Waals surface area contributed by atoms with Crippen molar-refractivity contribution in [3.8, 4) is 0 Å². The summed E-state index contributed by atoms with van der Waals surface area (Å²) in [7, 11) is 0. The molecule has 1 heteroatoms. The summed E-state index contributed by atoms with van der Waals surface area (Å²) in [5.41, 5.74) is 2.64. The third-order valence-corrected chi connectivity index (χ3v) is 3.23. The molecular formula is C13H16O. The zero-order valence-electron chi connectivity index (χ0n) is 8.79. The molecule has 0 amide bonds. The van der Waals surface area contributed by atoms with Crippen molar-refractivity contribution in [1.82, 2.24) is 0 Å². The van der Waals surface area contributed by atoms with E-state index in [4.69, 9.17) is 0 Å². The van der Waals surface area contributed by atoms with Crippen molar-refractivity contribution >= 4 is 5.78 Å². The van der Waals surface area contributed by atoms with Gasteiger partial charge in [0, 0.05) is 12.3 Å². The second-order valence-electron chi connectivity index (χ2n) is 4.14. The molecule has 1 nitrogen and oxygen atoms in total. The first-order chi connectivity index (χ1) is 6.74. The fraction of sp³-hybridized carbons (Fsp3) is 0.462. The maximum Gasteiger partial charge on any atom is 0.140 e. The molecule has 74 valence electrons. The zero-order valence-corrected chi connectivity index (χ0v) is 8.79. The number of carbonyl (C=O) groups excluding carboxylic acids is 1. The molecule has 2 atom stereocenters. The van der Waals surface area contributed by atoms with Gasteiger partial charge in [-0.05, 0) is 23.5 Å². The number of hydrogen-bond acceptors (Lipinski definition) is 1. The smallest absolute Gasteiger partial charge is 0.140 e. The fourth-order valence-corrected chi connectivity index (χ4v) is 2.44. The van der Waals surface area contributed by atoms with Gasteiger partial charge in [-0.25, -0.2) is 0 Å². The number of carbonyl (C=O) groups is 1. The van der Waals surface area contributed by atoms with Gasteiger partial charge in [-0.1, -0.05) is 38.1 Å². The molecule has 0 aliphatic heterocycles. The van der Waals surface area contributed by atoms with Crippen molar-refractivity contribution in [3.63, 3.8) is 0 Å². The summed E-state index contributed by atoms with van der Waals surface area (Å²) in [6.07, 6.45) is 1.66. The van der Waals surface area contributed by atoms with Crippen molar-refractivity contribution in [2.75, 3.05) is 0 Å². The normalized spacial score (nSPS) is 24.7. The Bertz CT molecular complexity index is 354. The molecule has 0 N–H and O–H groups in total. The second-order valence-corrected chi connectivity index (χ2v) is 4.14. The van der Waals surface area contributed by atoms with Gasteiger partial charge in [0.2, 0.25) is 0 Å². The van der Waals surface area contributed by atoms with Crippen LogP contribution in [-0.4, -0.2) is 5.78 Å². The molecule has 2 rings (SSSR count). The minimum Gasteiger partial charge on any atom is -0.299 e. The highest BCUT2D eigenvalue weighted by Crippen LogP contribution is 2.41. The number of ketones is 1. The highest BCUT2D eigenvalue weighted by atomic mass is 16.1. The van der Waals surface area contributed by atoms with Gasteiger partial charge >= 0.3 is 0 Å². The molecule has 1 aliphatic carbocycles. The van der Waals surface area contributed by atoms with Crippen LogP contribution in [0.1, 0.15) is 49.7 Å². The summed E-state index contributed by atoms with van der Waals surface area (Å²) in [5, 5.41) is 0. The van der Waals surface area contributed by atoms with Crippen LogP contribution >= 0.6 is 0 Å². The van der Waals surface area contributed by atoms with Gasteiger partial charge in [0.25, 0.3) is 0 Å². The summed E-state index contributed by atoms with van der Waals surface area (Å²) in [6, 6.07) is 8.36. The topological polar surface area (TPSA) is 17.1 Å². The predicted molar refractivity (Wildman–Crippen MR) is 57.5 cm³/mol. The average Bonchev–Trinajstić information content (AvgIpc) is 2.56. The lowest BCUT2D eigenvalue weighted by molar-refractivity contribution is -0.120. The zero-order chi connectivity index (χ0) is 10.1. The molecule has 14 heavy (non-hydrogen) atoms. The molecule has 0 bridgehead atoms. The van der Waals surface area contributed by atoms with Crippen LogP contribution in [0.3, 0.4) is 0 Å². The van der Waals surface area contributed by atoms with E-state index in [1.807, 2.05) is 13.0 Å². The summed E-state index contributed by atoms with van der Waals surface area (Å²) >= 11 is 0. The Kier molecular flexibility index (Phi) is 2.40. The van der Waals surface area contributed by atoms with Gasteiger partial charge in [-0.2, -0.15) is 0 Å². The standard InChI is InChI=1S/C13H16O/c1-3-13(14)12-8-9(2)10-6-4-5-7-11(10)12/h4-7,9,12H,3,8H2,1-2H3. The van der Waals surface area contributed by atoms with Crippen molar-refractivity contribution in [2.45, 2.75) is 38.5 Å². The van der Waals surface area contributed by atoms with E-state index in [9.17, 15) is 4.79 Å². The van der Waals surface area contributed by atoms with E-state index in [1.165, 1.54) is 11.1 Å². The van der Waals surface area contributed by atoms with Gasteiger partial charge < -0.3 is 0 Å². The third-order valence-electron chi connectivity index (χ3n) is 3.23. The van der Waals surface area contributed by atoms with Gasteiger partial charge in [-0.15, -0.1) is 0 Å². The van der Waals surface area contributed by atoms with Crippen molar-refractivity contribution in [3.05, 3.63) is 35.4 Å². The number of rotatable bonds is 2. The molecule has 0 radical (unpaired) electrons. The van der Waals surface area contributed by atoms with E-state index < -0.39 is 0 Å². The Morgan fingerprint density at radius 1 is 1.36 bits per heavy atom. The Balaban J connectivity index is 2.39. The molecule has 1 aliphatic rings. The Hall–Kier alpha value is -1.11. The highest BCUT2D eigenvalue weighted by Gasteiger charge is 2.31. The van der Waals surface area contributed by atoms with Gasteiger partial charge in [0.05, 0.1) is 0 Å². The minimum atomic E-state index is 0.172. The minimum absolute atomic E-state index is 0.172. The summed E-state index contributed by atoms with van der Waals surface area (Å²) in [4.78, 5) is 11.7. The number of Topliss-reactive ketones (excluding diaryl/α,β-unsaturated/α-hetero) is 1. The number of fused-ring (bicyclic) bond motifs is 1. The molecule has 1 aromatic rings. The molecular weight excluding hydrogens is 172 g/mol. The third kappa shape index (κ3) is 1.37. The van der Waals surface area contributed by atoms with Gasteiger partial charge in [0.1, 0.15) is 5.78 Å². The van der Waals surface area contributed by atoms with Crippen LogP contribution in [-0.2, 0) is 4.79 Å². The molecule has 0 fully saturated rings. The van der Waals surface area contributed by atoms with E-state index >= 15 is 0 Å². The van der Waals surface area contributed by atoms with Crippen LogP contribution in [0.2, 0.25) is 0 Å². The maximum absolute atomic E-state index is 11.7. The average molecular weight is 188 g/mol. The molecule has 0 aromatic heterocycles. The van der Waals surface area contributed by atoms with Gasteiger partial charge in [-0.3, -0.25) is 4.79 Å². The van der Waals surface area contributed by atoms with Crippen LogP contribution in [0.4, 0.5) is 0 Å². The Morgan fingerprint density at radius 3 is 2.64 bits per heavy atom. The molecule has 2 unspecified atom stereocenters. The first kappa shape index (κ1) is 9.45. The molecule has 0 saturated carbocycles. The van der Waals surface area contributed by atoms with E-state index in [2.05, 4.69) is 25.1 Å². The van der Waals surface area contributed by atoms with Crippen molar-refractivity contribution in [2.24, 2.45) is 0 Å². The molecule has 0 saturated heterocycles. The number of benzene rings is 1. The van der Waals surface area contributed by atoms with Crippen LogP contribution in [0.15, 0.2) is 24.3 Å². The summed E-state index contributed by atoms with van der Waals surface area (Å²) in [6.45, 7) is 4.16. The van der Waals surface area contributed by atoms with E-state index in [-0.39, 0.29) is 5.92 Å². The molecule has 0 heterocycles. The lowest BCUT2D eigenvalue weighted by atomic mass is 9.95. The van der Waals surface area contributed by atoms with Crippen molar-refractivity contribution < 1.29 is 4.79 Å². The summed E-state index contributed by atoms with van der Waals surface area (Å²) in [5.74, 6) is 1.11. The van der Waals surface area contributed by atoms with Crippen LogP contribution in [0.25, 0.3) is 0 Å². The lowest BCUT2D eigenvalue weighted by Gasteiger charge is -2.07. The molecule has 1 aromatic carbocycles.